The van der Waals surface area contributed by atoms with Gasteiger partial charge in [0, 0.05) is 6.42 Å². The van der Waals surface area contributed by atoms with Gasteiger partial charge in [-0.1, -0.05) is 148 Å². The van der Waals surface area contributed by atoms with E-state index in [0.29, 0.717) is 17.4 Å². The minimum Gasteiger partial charge on any atom is -0.498 e. The highest BCUT2D eigenvalue weighted by molar-refractivity contribution is 7.47. The number of rotatable bonds is 39. The number of hydrogen-bond acceptors (Lipinski definition) is 6. The summed E-state index contributed by atoms with van der Waals surface area (Å²) in [7, 11) is 1.63. The SMILES string of the molecule is CCCCCCCC/C=C/CCCCCCCC(=O)OC(CO/C=C\CCCCCCCCCCCCCC)COP(=O)(O)OCC[N+](C)(C)C. The molecule has 9 heteroatoms. The van der Waals surface area contributed by atoms with E-state index in [1.807, 2.05) is 27.2 Å². The van der Waals surface area contributed by atoms with Gasteiger partial charge in [0.2, 0.25) is 0 Å². The van der Waals surface area contributed by atoms with Crippen LogP contribution in [-0.2, 0) is 27.9 Å². The zero-order valence-electron chi connectivity index (χ0n) is 34.1. The van der Waals surface area contributed by atoms with Crippen molar-refractivity contribution in [1.29, 1.82) is 0 Å². The fourth-order valence-electron chi connectivity index (χ4n) is 5.75. The first-order valence-electron chi connectivity index (χ1n) is 21.1. The number of hydrogen-bond donors (Lipinski definition) is 1. The van der Waals surface area contributed by atoms with Gasteiger partial charge in [0.1, 0.15) is 19.8 Å². The lowest BCUT2D eigenvalue weighted by Crippen LogP contribution is -2.37. The number of quaternary nitrogens is 1. The zero-order valence-corrected chi connectivity index (χ0v) is 35.0. The normalized spacial score (nSPS) is 14.0. The number of ether oxygens (including phenoxy) is 2. The van der Waals surface area contributed by atoms with Crippen molar-refractivity contribution in [3.8, 4) is 0 Å². The number of carbonyl (C=O) groups is 1. The van der Waals surface area contributed by atoms with Crippen molar-refractivity contribution in [2.75, 3.05) is 47.5 Å². The topological polar surface area (TPSA) is 91.3 Å². The van der Waals surface area contributed by atoms with Crippen LogP contribution in [0, 0.1) is 0 Å². The van der Waals surface area contributed by atoms with Crippen molar-refractivity contribution >= 4 is 13.8 Å². The molecular formula is C42H83NO7P+. The Hall–Kier alpha value is -1.18. The van der Waals surface area contributed by atoms with Gasteiger partial charge in [0.15, 0.2) is 6.10 Å². The molecule has 2 unspecified atom stereocenters. The largest absolute Gasteiger partial charge is 0.498 e. The van der Waals surface area contributed by atoms with Crippen LogP contribution < -0.4 is 0 Å². The Labute approximate surface area is 315 Å². The molecule has 0 heterocycles. The fourth-order valence-corrected chi connectivity index (χ4v) is 6.49. The van der Waals surface area contributed by atoms with Gasteiger partial charge >= 0.3 is 13.8 Å². The van der Waals surface area contributed by atoms with Crippen molar-refractivity contribution in [3.05, 3.63) is 24.5 Å². The van der Waals surface area contributed by atoms with Gasteiger partial charge in [0.25, 0.3) is 0 Å². The third-order valence-electron chi connectivity index (χ3n) is 9.08. The van der Waals surface area contributed by atoms with Crippen LogP contribution in [0.1, 0.15) is 187 Å². The summed E-state index contributed by atoms with van der Waals surface area (Å²) in [5.41, 5.74) is 0. The molecule has 0 saturated heterocycles. The number of unbranched alkanes of at least 4 members (excludes halogenated alkanes) is 23. The Morgan fingerprint density at radius 2 is 1.04 bits per heavy atom. The molecule has 0 aromatic carbocycles. The van der Waals surface area contributed by atoms with Crippen molar-refractivity contribution in [2.45, 2.75) is 193 Å². The van der Waals surface area contributed by atoms with Crippen LogP contribution in [0.15, 0.2) is 24.5 Å². The molecule has 0 spiro atoms. The second-order valence-electron chi connectivity index (χ2n) is 15.4. The molecular weight excluding hydrogens is 661 g/mol. The summed E-state index contributed by atoms with van der Waals surface area (Å²) in [6.45, 7) is 4.92. The monoisotopic (exact) mass is 745 g/mol. The van der Waals surface area contributed by atoms with E-state index in [0.717, 1.165) is 44.9 Å². The molecule has 302 valence electrons. The molecule has 0 rings (SSSR count). The maximum atomic E-state index is 12.6. The molecule has 0 aliphatic rings. The lowest BCUT2D eigenvalue weighted by Gasteiger charge is -2.24. The van der Waals surface area contributed by atoms with E-state index in [1.54, 1.807) is 6.26 Å². The minimum absolute atomic E-state index is 0.0476. The van der Waals surface area contributed by atoms with E-state index < -0.39 is 13.9 Å². The van der Waals surface area contributed by atoms with E-state index in [1.165, 1.54) is 122 Å². The van der Waals surface area contributed by atoms with Crippen LogP contribution in [-0.4, -0.2) is 69.0 Å². The van der Waals surface area contributed by atoms with Gasteiger partial charge in [-0.15, -0.1) is 0 Å². The lowest BCUT2D eigenvalue weighted by molar-refractivity contribution is -0.870. The smallest absolute Gasteiger partial charge is 0.472 e. The number of carbonyl (C=O) groups excluding carboxylic acids is 1. The molecule has 0 amide bonds. The Morgan fingerprint density at radius 1 is 0.608 bits per heavy atom. The molecule has 2 atom stereocenters. The first-order chi connectivity index (χ1) is 24.6. The molecule has 0 radical (unpaired) electrons. The zero-order chi connectivity index (χ0) is 37.7. The van der Waals surface area contributed by atoms with E-state index in [2.05, 4.69) is 26.0 Å². The number of phosphoric ester groups is 1. The number of esters is 1. The first-order valence-corrected chi connectivity index (χ1v) is 22.6. The lowest BCUT2D eigenvalue weighted by atomic mass is 10.0. The molecule has 0 saturated carbocycles. The van der Waals surface area contributed by atoms with Gasteiger partial charge in [-0.3, -0.25) is 13.8 Å². The number of nitrogens with zero attached hydrogens (tertiary/aromatic N) is 1. The standard InChI is InChI=1S/C42H82NO7P/c1-6-8-10-12-14-16-18-20-22-23-25-27-29-31-33-35-42(44)50-41(40-49-51(45,46)48-38-36-43(3,4)5)39-47-37-34-32-30-28-26-24-21-19-17-15-13-11-9-7-2/h20,22,34,37,41H,6-19,21,23-33,35-36,38-40H2,1-5H3/p+1/b22-20+,37-34-. The van der Waals surface area contributed by atoms with E-state index in [-0.39, 0.29) is 25.8 Å². The summed E-state index contributed by atoms with van der Waals surface area (Å²) in [5, 5.41) is 0. The third kappa shape index (κ3) is 39.9. The Balaban J connectivity index is 4.32. The third-order valence-corrected chi connectivity index (χ3v) is 10.1. The summed E-state index contributed by atoms with van der Waals surface area (Å²) in [6.07, 6.45) is 40.1. The highest BCUT2D eigenvalue weighted by Gasteiger charge is 2.26. The van der Waals surface area contributed by atoms with Crippen molar-refractivity contribution in [1.82, 2.24) is 0 Å². The predicted molar refractivity (Wildman–Crippen MR) is 215 cm³/mol. The van der Waals surface area contributed by atoms with E-state index >= 15 is 0 Å². The van der Waals surface area contributed by atoms with Gasteiger partial charge in [-0.25, -0.2) is 4.57 Å². The molecule has 0 bridgehead atoms. The van der Waals surface area contributed by atoms with Gasteiger partial charge in [-0.2, -0.15) is 0 Å². The highest BCUT2D eigenvalue weighted by atomic mass is 31.2. The molecule has 1 N–H and O–H groups in total. The van der Waals surface area contributed by atoms with Gasteiger partial charge in [0.05, 0.1) is 34.0 Å². The quantitative estimate of drug-likeness (QED) is 0.0167. The van der Waals surface area contributed by atoms with E-state index in [4.69, 9.17) is 18.5 Å². The average Bonchev–Trinajstić information content (AvgIpc) is 3.08. The molecule has 51 heavy (non-hydrogen) atoms. The van der Waals surface area contributed by atoms with Crippen LogP contribution in [0.5, 0.6) is 0 Å². The van der Waals surface area contributed by atoms with Crippen molar-refractivity contribution in [2.24, 2.45) is 0 Å². The number of likely N-dealkylation sites (N-methyl/N-ethyl adjacent to an activating group) is 1. The molecule has 0 aromatic heterocycles. The highest BCUT2D eigenvalue weighted by Crippen LogP contribution is 2.43. The second-order valence-corrected chi connectivity index (χ2v) is 16.9. The Kier molecular flexibility index (Phi) is 35.0. The first kappa shape index (κ1) is 49.8. The predicted octanol–water partition coefficient (Wildman–Crippen LogP) is 12.4. The minimum atomic E-state index is -4.29. The summed E-state index contributed by atoms with van der Waals surface area (Å²) in [4.78, 5) is 22.8. The van der Waals surface area contributed by atoms with Crippen LogP contribution in [0.4, 0.5) is 0 Å². The fraction of sp³-hybridized carbons (Fsp3) is 0.881. The number of allylic oxidation sites excluding steroid dienone is 3. The molecule has 0 aliphatic carbocycles. The second kappa shape index (κ2) is 35.8. The molecule has 0 aromatic rings. The summed E-state index contributed by atoms with van der Waals surface area (Å²) in [5.74, 6) is -0.343. The van der Waals surface area contributed by atoms with Crippen molar-refractivity contribution in [3.63, 3.8) is 0 Å². The van der Waals surface area contributed by atoms with Crippen LogP contribution in [0.3, 0.4) is 0 Å². The van der Waals surface area contributed by atoms with Gasteiger partial charge in [-0.05, 0) is 51.0 Å². The Bertz CT molecular complexity index is 874. The summed E-state index contributed by atoms with van der Waals surface area (Å²) >= 11 is 0. The summed E-state index contributed by atoms with van der Waals surface area (Å²) in [6, 6.07) is 0. The maximum Gasteiger partial charge on any atom is 0.472 e. The number of phosphoric acid groups is 1. The van der Waals surface area contributed by atoms with Crippen molar-refractivity contribution < 1.29 is 37.3 Å². The average molecular weight is 745 g/mol. The molecule has 0 aliphatic heterocycles. The molecule has 0 fully saturated rings. The van der Waals surface area contributed by atoms with Gasteiger partial charge < -0.3 is 18.9 Å². The molecule has 8 nitrogen and oxygen atoms in total. The maximum absolute atomic E-state index is 12.6. The van der Waals surface area contributed by atoms with Crippen LogP contribution in [0.2, 0.25) is 0 Å². The van der Waals surface area contributed by atoms with Crippen LogP contribution >= 0.6 is 7.82 Å². The van der Waals surface area contributed by atoms with Crippen LogP contribution in [0.25, 0.3) is 0 Å². The van der Waals surface area contributed by atoms with E-state index in [9.17, 15) is 14.3 Å². The Morgan fingerprint density at radius 3 is 1.51 bits per heavy atom. The summed E-state index contributed by atoms with van der Waals surface area (Å²) < 4.78 is 34.7.